The van der Waals surface area contributed by atoms with Crippen LogP contribution in [0, 0.1) is 6.92 Å². The normalized spacial score (nSPS) is 11.8. The van der Waals surface area contributed by atoms with Gasteiger partial charge in [-0.05, 0) is 73.5 Å². The fourth-order valence-electron chi connectivity index (χ4n) is 4.38. The fraction of sp³-hybridized carbons (Fsp3) is 0.206. The third-order valence-electron chi connectivity index (χ3n) is 6.88. The molecule has 0 saturated carbocycles. The SMILES string of the molecule is COc1ccc(S(=O)(=O)N(CC(=O)N/N=C\c2ccc(OCC(=O)N[C@@H](C)c3ccccc3)cc2)c2ccc(C)cc2)cc1OC. The number of amides is 2. The number of anilines is 1. The number of hydrogen-bond donors (Lipinski definition) is 2. The highest BCUT2D eigenvalue weighted by Gasteiger charge is 2.28. The number of hydrazone groups is 1. The van der Waals surface area contributed by atoms with E-state index in [1.165, 1.54) is 38.6 Å². The van der Waals surface area contributed by atoms with Crippen molar-refractivity contribution in [3.8, 4) is 17.2 Å². The van der Waals surface area contributed by atoms with E-state index in [9.17, 15) is 18.0 Å². The van der Waals surface area contributed by atoms with Crippen LogP contribution in [0.15, 0.2) is 107 Å². The molecule has 4 aromatic rings. The number of nitrogens with zero attached hydrogens (tertiary/aromatic N) is 2. The summed E-state index contributed by atoms with van der Waals surface area (Å²) >= 11 is 0. The van der Waals surface area contributed by atoms with Crippen molar-refractivity contribution in [2.75, 3.05) is 31.7 Å². The average molecular weight is 645 g/mol. The Morgan fingerprint density at radius 1 is 0.870 bits per heavy atom. The Labute approximate surface area is 268 Å². The van der Waals surface area contributed by atoms with Gasteiger partial charge in [-0.15, -0.1) is 0 Å². The van der Waals surface area contributed by atoms with Crippen LogP contribution in [0.1, 0.15) is 29.7 Å². The highest BCUT2D eigenvalue weighted by atomic mass is 32.2. The smallest absolute Gasteiger partial charge is 0.264 e. The second kappa shape index (κ2) is 15.6. The Hall–Kier alpha value is -5.36. The molecule has 0 aliphatic heterocycles. The van der Waals surface area contributed by atoms with Crippen LogP contribution in [0.4, 0.5) is 5.69 Å². The van der Waals surface area contributed by atoms with Crippen LogP contribution in [0.5, 0.6) is 17.2 Å². The number of nitrogens with one attached hydrogen (secondary N) is 2. The Morgan fingerprint density at radius 2 is 1.54 bits per heavy atom. The highest BCUT2D eigenvalue weighted by Crippen LogP contribution is 2.32. The minimum absolute atomic E-state index is 0.0764. The van der Waals surface area contributed by atoms with E-state index in [2.05, 4.69) is 15.8 Å². The molecular weight excluding hydrogens is 608 g/mol. The first-order valence-electron chi connectivity index (χ1n) is 14.3. The van der Waals surface area contributed by atoms with Crippen molar-refractivity contribution in [3.63, 3.8) is 0 Å². The molecule has 1 atom stereocenters. The number of carbonyl (C=O) groups excluding carboxylic acids is 2. The van der Waals surface area contributed by atoms with Crippen molar-refractivity contribution < 1.29 is 32.2 Å². The first kappa shape index (κ1) is 33.5. The molecule has 0 radical (unpaired) electrons. The molecule has 12 heteroatoms. The first-order valence-corrected chi connectivity index (χ1v) is 15.7. The zero-order chi connectivity index (χ0) is 33.1. The summed E-state index contributed by atoms with van der Waals surface area (Å²) < 4.78 is 44.6. The van der Waals surface area contributed by atoms with E-state index < -0.39 is 22.5 Å². The first-order chi connectivity index (χ1) is 22.1. The number of rotatable bonds is 14. The van der Waals surface area contributed by atoms with Gasteiger partial charge in [-0.3, -0.25) is 13.9 Å². The molecule has 2 amide bonds. The molecule has 11 nitrogen and oxygen atoms in total. The van der Waals surface area contributed by atoms with Crippen LogP contribution in [-0.2, 0) is 19.6 Å². The van der Waals surface area contributed by atoms with E-state index >= 15 is 0 Å². The third kappa shape index (κ3) is 8.85. The van der Waals surface area contributed by atoms with Gasteiger partial charge in [0.05, 0.1) is 37.1 Å². The van der Waals surface area contributed by atoms with Gasteiger partial charge >= 0.3 is 0 Å². The lowest BCUT2D eigenvalue weighted by molar-refractivity contribution is -0.123. The van der Waals surface area contributed by atoms with Crippen molar-refractivity contribution in [2.45, 2.75) is 24.8 Å². The quantitative estimate of drug-likeness (QED) is 0.151. The molecule has 0 aliphatic rings. The van der Waals surface area contributed by atoms with Crippen molar-refractivity contribution in [3.05, 3.63) is 114 Å². The zero-order valence-electron chi connectivity index (χ0n) is 26.0. The minimum atomic E-state index is -4.19. The van der Waals surface area contributed by atoms with Crippen LogP contribution in [0.2, 0.25) is 0 Å². The number of aryl methyl sites for hydroxylation is 1. The average Bonchev–Trinajstić information content (AvgIpc) is 3.07. The Morgan fingerprint density at radius 3 is 2.20 bits per heavy atom. The summed E-state index contributed by atoms with van der Waals surface area (Å²) in [5, 5.41) is 6.88. The maximum absolute atomic E-state index is 13.7. The maximum atomic E-state index is 13.7. The maximum Gasteiger partial charge on any atom is 0.264 e. The van der Waals surface area contributed by atoms with Crippen LogP contribution in [-0.4, -0.2) is 53.8 Å². The number of benzene rings is 4. The van der Waals surface area contributed by atoms with Gasteiger partial charge in [0.15, 0.2) is 18.1 Å². The molecule has 0 saturated heterocycles. The minimum Gasteiger partial charge on any atom is -0.493 e. The Kier molecular flexibility index (Phi) is 11.4. The van der Waals surface area contributed by atoms with Crippen molar-refractivity contribution in [2.24, 2.45) is 5.10 Å². The van der Waals surface area contributed by atoms with Crippen molar-refractivity contribution in [1.82, 2.24) is 10.7 Å². The number of hydrogen-bond acceptors (Lipinski definition) is 8. The van der Waals surface area contributed by atoms with E-state index in [0.717, 1.165) is 15.4 Å². The molecule has 0 aliphatic carbocycles. The summed E-state index contributed by atoms with van der Waals surface area (Å²) in [7, 11) is -1.33. The van der Waals surface area contributed by atoms with Gasteiger partial charge < -0.3 is 19.5 Å². The molecule has 0 heterocycles. The molecule has 4 rings (SSSR count). The van der Waals surface area contributed by atoms with Gasteiger partial charge in [-0.25, -0.2) is 13.8 Å². The Bertz CT molecular complexity index is 1760. The molecule has 0 unspecified atom stereocenters. The number of methoxy groups -OCH3 is 2. The molecule has 2 N–H and O–H groups in total. The van der Waals surface area contributed by atoms with Crippen molar-refractivity contribution >= 4 is 33.7 Å². The predicted octanol–water partition coefficient (Wildman–Crippen LogP) is 4.61. The summed E-state index contributed by atoms with van der Waals surface area (Å²) in [5.41, 5.74) is 5.26. The molecule has 0 fully saturated rings. The van der Waals surface area contributed by atoms with Crippen LogP contribution in [0.3, 0.4) is 0 Å². The lowest BCUT2D eigenvalue weighted by atomic mass is 10.1. The lowest BCUT2D eigenvalue weighted by Crippen LogP contribution is -2.39. The second-order valence-corrected chi connectivity index (χ2v) is 12.1. The number of sulfonamides is 1. The molecule has 240 valence electrons. The van der Waals surface area contributed by atoms with Crippen LogP contribution in [0.25, 0.3) is 0 Å². The van der Waals surface area contributed by atoms with E-state index in [0.29, 0.717) is 22.7 Å². The van der Waals surface area contributed by atoms with E-state index in [1.807, 2.05) is 44.2 Å². The summed E-state index contributed by atoms with van der Waals surface area (Å²) in [4.78, 5) is 25.1. The van der Waals surface area contributed by atoms with E-state index in [-0.39, 0.29) is 29.2 Å². The largest absolute Gasteiger partial charge is 0.493 e. The zero-order valence-corrected chi connectivity index (χ0v) is 26.8. The van der Waals surface area contributed by atoms with E-state index in [4.69, 9.17) is 14.2 Å². The molecule has 4 aromatic carbocycles. The summed E-state index contributed by atoms with van der Waals surface area (Å²) in [5.74, 6) is 0.180. The van der Waals surface area contributed by atoms with Crippen molar-refractivity contribution in [1.29, 1.82) is 0 Å². The predicted molar refractivity (Wildman–Crippen MR) is 176 cm³/mol. The summed E-state index contributed by atoms with van der Waals surface area (Å²) in [6.45, 7) is 3.10. The van der Waals surface area contributed by atoms with Gasteiger partial charge in [-0.1, -0.05) is 48.0 Å². The topological polar surface area (TPSA) is 136 Å². The molecule has 0 spiro atoms. The lowest BCUT2D eigenvalue weighted by Gasteiger charge is -2.24. The molecule has 0 aromatic heterocycles. The third-order valence-corrected chi connectivity index (χ3v) is 8.65. The summed E-state index contributed by atoms with van der Waals surface area (Å²) in [6.07, 6.45) is 1.41. The fourth-order valence-corrected chi connectivity index (χ4v) is 5.82. The molecule has 0 bridgehead atoms. The standard InChI is InChI=1S/C34H36N4O7S/c1-24-10-14-28(15-11-24)38(46(41,42)30-18-19-31(43-3)32(20-30)44-4)22-33(39)37-35-21-26-12-16-29(17-13-26)45-23-34(40)36-25(2)27-8-6-5-7-9-27/h5-21,25H,22-23H2,1-4H3,(H,36,40)(H,37,39)/b35-21-/t25-/m0/s1. The van der Waals surface area contributed by atoms with E-state index in [1.54, 1.807) is 48.5 Å². The van der Waals surface area contributed by atoms with Gasteiger partial charge in [0.25, 0.3) is 21.8 Å². The Balaban J connectivity index is 1.37. The van der Waals surface area contributed by atoms with Gasteiger partial charge in [0, 0.05) is 6.07 Å². The number of ether oxygens (including phenoxy) is 3. The van der Waals surface area contributed by atoms with Gasteiger partial charge in [-0.2, -0.15) is 5.10 Å². The van der Waals surface area contributed by atoms with Gasteiger partial charge in [0.2, 0.25) is 0 Å². The highest BCUT2D eigenvalue weighted by molar-refractivity contribution is 7.92. The summed E-state index contributed by atoms with van der Waals surface area (Å²) in [6, 6.07) is 27.2. The molecule has 46 heavy (non-hydrogen) atoms. The number of carbonyl (C=O) groups is 2. The second-order valence-electron chi connectivity index (χ2n) is 10.2. The monoisotopic (exact) mass is 644 g/mol. The van der Waals surface area contributed by atoms with Crippen LogP contribution < -0.4 is 29.3 Å². The van der Waals surface area contributed by atoms with Gasteiger partial charge in [0.1, 0.15) is 12.3 Å². The van der Waals surface area contributed by atoms with Crippen LogP contribution >= 0.6 is 0 Å². The molecular formula is C34H36N4O7S.